The van der Waals surface area contributed by atoms with Gasteiger partial charge in [-0.25, -0.2) is 13.8 Å². The maximum absolute atomic E-state index is 13.6. The molecule has 6 heteroatoms. The van der Waals surface area contributed by atoms with Crippen molar-refractivity contribution in [1.29, 1.82) is 0 Å². The summed E-state index contributed by atoms with van der Waals surface area (Å²) in [5.74, 6) is -1.09. The maximum atomic E-state index is 13.6. The van der Waals surface area contributed by atoms with Gasteiger partial charge in [0.2, 0.25) is 0 Å². The van der Waals surface area contributed by atoms with E-state index in [1.54, 1.807) is 11.0 Å². The molecule has 1 aromatic carbocycles. The number of hydrogen-bond donors (Lipinski definition) is 0. The van der Waals surface area contributed by atoms with Crippen molar-refractivity contribution in [2.24, 2.45) is 0 Å². The smallest absolute Gasteiger partial charge is 0.137 e. The van der Waals surface area contributed by atoms with E-state index in [0.717, 1.165) is 12.5 Å². The Bertz CT molecular complexity index is 488. The van der Waals surface area contributed by atoms with Crippen LogP contribution in [0.5, 0.6) is 0 Å². The van der Waals surface area contributed by atoms with Gasteiger partial charge in [-0.15, -0.1) is 0 Å². The fourth-order valence-electron chi connectivity index (χ4n) is 1.83. The minimum absolute atomic E-state index is 0. The molecule has 1 aromatic heterocycles. The molecular weight excluding hydrogens is 240 g/mol. The molecule has 2 aromatic rings. The van der Waals surface area contributed by atoms with Crippen LogP contribution >= 0.6 is 0 Å². The molecule has 1 heterocycles. The second-order valence-corrected chi connectivity index (χ2v) is 3.89. The quantitative estimate of drug-likeness (QED) is 0.838. The summed E-state index contributed by atoms with van der Waals surface area (Å²) in [7, 11) is 0. The predicted octanol–water partition coefficient (Wildman–Crippen LogP) is 1.93. The Kier molecular flexibility index (Phi) is 4.91. The van der Waals surface area contributed by atoms with Crippen LogP contribution in [-0.2, 0) is 6.54 Å². The summed E-state index contributed by atoms with van der Waals surface area (Å²) in [5.41, 5.74) is 0.518. The lowest BCUT2D eigenvalue weighted by Crippen LogP contribution is -2.10. The molecule has 2 N–H and O–H groups in total. The highest BCUT2D eigenvalue weighted by Crippen LogP contribution is 2.24. The molecule has 4 nitrogen and oxygen atoms in total. The number of benzene rings is 1. The van der Waals surface area contributed by atoms with Crippen LogP contribution in [0.15, 0.2) is 30.9 Å². The zero-order chi connectivity index (χ0) is 12.3. The average Bonchev–Trinajstić information content (AvgIpc) is 2.79. The number of aromatic nitrogens is 3. The van der Waals surface area contributed by atoms with Crippen molar-refractivity contribution in [3.05, 3.63) is 48.1 Å². The third-order valence-corrected chi connectivity index (χ3v) is 2.77. The van der Waals surface area contributed by atoms with Gasteiger partial charge >= 0.3 is 0 Å². The first-order chi connectivity index (χ1) is 8.20. The molecular formula is C12H15F2N3O. The van der Waals surface area contributed by atoms with E-state index < -0.39 is 11.6 Å². The molecule has 0 radical (unpaired) electrons. The van der Waals surface area contributed by atoms with Crippen LogP contribution in [-0.4, -0.2) is 20.2 Å². The van der Waals surface area contributed by atoms with E-state index in [9.17, 15) is 8.78 Å². The first-order valence-electron chi connectivity index (χ1n) is 5.48. The van der Waals surface area contributed by atoms with Gasteiger partial charge in [0, 0.05) is 18.5 Å². The number of rotatable bonds is 4. The van der Waals surface area contributed by atoms with E-state index in [0.29, 0.717) is 12.1 Å². The molecule has 98 valence electrons. The zero-order valence-electron chi connectivity index (χ0n) is 9.98. The van der Waals surface area contributed by atoms with E-state index in [2.05, 4.69) is 10.1 Å². The first kappa shape index (κ1) is 14.2. The molecule has 0 fully saturated rings. The van der Waals surface area contributed by atoms with E-state index in [4.69, 9.17) is 0 Å². The summed E-state index contributed by atoms with van der Waals surface area (Å²) in [6.07, 6.45) is 3.78. The summed E-state index contributed by atoms with van der Waals surface area (Å²) in [6, 6.07) is 3.69. The van der Waals surface area contributed by atoms with E-state index >= 15 is 0 Å². The Morgan fingerprint density at radius 2 is 2.11 bits per heavy atom. The second kappa shape index (κ2) is 6.20. The van der Waals surface area contributed by atoms with Crippen molar-refractivity contribution in [2.75, 3.05) is 0 Å². The second-order valence-electron chi connectivity index (χ2n) is 3.89. The normalized spacial score (nSPS) is 11.9. The van der Waals surface area contributed by atoms with Crippen molar-refractivity contribution in [2.45, 2.75) is 25.8 Å². The number of halogens is 2. The first-order valence-corrected chi connectivity index (χ1v) is 5.48. The summed E-state index contributed by atoms with van der Waals surface area (Å²) in [4.78, 5) is 3.84. The van der Waals surface area contributed by atoms with Crippen molar-refractivity contribution in [1.82, 2.24) is 14.8 Å². The topological polar surface area (TPSA) is 62.2 Å². The van der Waals surface area contributed by atoms with Crippen LogP contribution in [0, 0.1) is 11.6 Å². The fraction of sp³-hybridized carbons (Fsp3) is 0.333. The molecule has 0 aliphatic rings. The molecule has 0 spiro atoms. The zero-order valence-corrected chi connectivity index (χ0v) is 9.98. The highest BCUT2D eigenvalue weighted by atomic mass is 19.1. The van der Waals surface area contributed by atoms with Crippen molar-refractivity contribution >= 4 is 0 Å². The van der Waals surface area contributed by atoms with Gasteiger partial charge < -0.3 is 5.48 Å². The fourth-order valence-corrected chi connectivity index (χ4v) is 1.83. The van der Waals surface area contributed by atoms with Gasteiger partial charge in [0.15, 0.2) is 0 Å². The minimum Gasteiger partial charge on any atom is -0.412 e. The van der Waals surface area contributed by atoms with E-state index in [1.165, 1.54) is 18.5 Å². The van der Waals surface area contributed by atoms with Gasteiger partial charge in [-0.1, -0.05) is 13.0 Å². The summed E-state index contributed by atoms with van der Waals surface area (Å²) < 4.78 is 28.1. The molecule has 2 rings (SSSR count). The van der Waals surface area contributed by atoms with Crippen molar-refractivity contribution in [3.63, 3.8) is 0 Å². The lowest BCUT2D eigenvalue weighted by Gasteiger charge is -2.15. The van der Waals surface area contributed by atoms with Crippen molar-refractivity contribution < 1.29 is 14.3 Å². The Hall–Kier alpha value is -1.82. The van der Waals surface area contributed by atoms with Gasteiger partial charge in [0.1, 0.15) is 24.3 Å². The lowest BCUT2D eigenvalue weighted by atomic mass is 9.96. The largest absolute Gasteiger partial charge is 0.412 e. The van der Waals surface area contributed by atoms with Crippen LogP contribution < -0.4 is 0 Å². The molecule has 0 aliphatic heterocycles. The van der Waals surface area contributed by atoms with E-state index in [-0.39, 0.29) is 11.4 Å². The Morgan fingerprint density at radius 1 is 1.33 bits per heavy atom. The van der Waals surface area contributed by atoms with Gasteiger partial charge in [-0.05, 0) is 18.1 Å². The standard InChI is InChI=1S/C12H13F2N3.H2O/c1-2-9(6-17-8-15-7-16-17)11-4-3-10(13)5-12(11)14;/h3-5,7-9H,2,6H2,1H3;1H2. The van der Waals surface area contributed by atoms with Crippen molar-refractivity contribution in [3.8, 4) is 0 Å². The van der Waals surface area contributed by atoms with Crippen LogP contribution in [0.2, 0.25) is 0 Å². The molecule has 1 unspecified atom stereocenters. The third-order valence-electron chi connectivity index (χ3n) is 2.77. The Morgan fingerprint density at radius 3 is 2.67 bits per heavy atom. The highest BCUT2D eigenvalue weighted by molar-refractivity contribution is 5.22. The third kappa shape index (κ3) is 3.10. The maximum Gasteiger partial charge on any atom is 0.137 e. The minimum atomic E-state index is -0.554. The van der Waals surface area contributed by atoms with E-state index in [1.807, 2.05) is 6.92 Å². The highest BCUT2D eigenvalue weighted by Gasteiger charge is 2.15. The summed E-state index contributed by atoms with van der Waals surface area (Å²) in [5, 5.41) is 3.99. The average molecular weight is 255 g/mol. The SMILES string of the molecule is CCC(Cn1cncn1)c1ccc(F)cc1F.O. The van der Waals surface area contributed by atoms with Gasteiger partial charge in [-0.3, -0.25) is 4.68 Å². The van der Waals surface area contributed by atoms with Gasteiger partial charge in [0.25, 0.3) is 0 Å². The molecule has 0 saturated heterocycles. The molecule has 18 heavy (non-hydrogen) atoms. The van der Waals surface area contributed by atoms with Gasteiger partial charge in [0.05, 0.1) is 0 Å². The van der Waals surface area contributed by atoms with Crippen LogP contribution in [0.25, 0.3) is 0 Å². The molecule has 1 atom stereocenters. The molecule has 0 saturated carbocycles. The summed E-state index contributed by atoms with van der Waals surface area (Å²) >= 11 is 0. The summed E-state index contributed by atoms with van der Waals surface area (Å²) in [6.45, 7) is 2.50. The van der Waals surface area contributed by atoms with Crippen LogP contribution in [0.1, 0.15) is 24.8 Å². The Labute approximate surface area is 104 Å². The molecule has 0 amide bonds. The predicted molar refractivity (Wildman–Crippen MR) is 63.0 cm³/mol. The Balaban J connectivity index is 0.00000162. The van der Waals surface area contributed by atoms with Crippen LogP contribution in [0.4, 0.5) is 8.78 Å². The van der Waals surface area contributed by atoms with Crippen LogP contribution in [0.3, 0.4) is 0 Å². The molecule has 0 bridgehead atoms. The monoisotopic (exact) mass is 255 g/mol. The van der Waals surface area contributed by atoms with Gasteiger partial charge in [-0.2, -0.15) is 5.10 Å². The number of nitrogens with zero attached hydrogens (tertiary/aromatic N) is 3. The lowest BCUT2D eigenvalue weighted by molar-refractivity contribution is 0.476. The molecule has 0 aliphatic carbocycles. The number of hydrogen-bond acceptors (Lipinski definition) is 2.